The van der Waals surface area contributed by atoms with Gasteiger partial charge >= 0.3 is 5.97 Å². The molecule has 0 amide bonds. The molecule has 0 heterocycles. The molecule has 0 aliphatic carbocycles. The molecule has 163 valence electrons. The zero-order valence-electron chi connectivity index (χ0n) is 18.9. The number of benzene rings is 2. The van der Waals surface area contributed by atoms with Crippen LogP contribution in [0, 0.1) is 6.10 Å². The van der Waals surface area contributed by atoms with Crippen LogP contribution in [0.5, 0.6) is 11.5 Å². The van der Waals surface area contributed by atoms with Crippen LogP contribution in [0.25, 0.3) is 0 Å². The van der Waals surface area contributed by atoms with Gasteiger partial charge in [0.15, 0.2) is 0 Å². The molecule has 0 aliphatic rings. The Labute approximate surface area is 182 Å². The molecule has 1 radical (unpaired) electrons. The monoisotopic (exact) mass is 409 g/mol. The first-order chi connectivity index (χ1) is 14.6. The van der Waals surface area contributed by atoms with Crippen molar-refractivity contribution in [3.63, 3.8) is 0 Å². The summed E-state index contributed by atoms with van der Waals surface area (Å²) in [5, 5.41) is 0. The third-order valence-electron chi connectivity index (χ3n) is 5.22. The Kier molecular flexibility index (Phi) is 11.1. The summed E-state index contributed by atoms with van der Waals surface area (Å²) in [5.41, 5.74) is 1.81. The predicted octanol–water partition coefficient (Wildman–Crippen LogP) is 7.93. The highest BCUT2D eigenvalue weighted by Crippen LogP contribution is 2.21. The quantitative estimate of drug-likeness (QED) is 0.180. The highest BCUT2D eigenvalue weighted by Gasteiger charge is 2.10. The molecule has 0 unspecified atom stereocenters. The van der Waals surface area contributed by atoms with Crippen molar-refractivity contribution in [1.82, 2.24) is 0 Å². The molecular weight excluding hydrogens is 372 g/mol. The first-order valence-corrected chi connectivity index (χ1v) is 11.5. The fraction of sp³-hybridized carbons (Fsp3) is 0.481. The number of rotatable bonds is 14. The third-order valence-corrected chi connectivity index (χ3v) is 5.22. The van der Waals surface area contributed by atoms with E-state index in [1.54, 1.807) is 12.1 Å². The van der Waals surface area contributed by atoms with Gasteiger partial charge in [0, 0.05) is 0 Å². The van der Waals surface area contributed by atoms with E-state index < -0.39 is 0 Å². The molecule has 0 saturated heterocycles. The third kappa shape index (κ3) is 9.02. The van der Waals surface area contributed by atoms with Crippen molar-refractivity contribution in [3.8, 4) is 11.5 Å². The van der Waals surface area contributed by atoms with E-state index in [0.29, 0.717) is 11.3 Å². The second kappa shape index (κ2) is 13.8. The van der Waals surface area contributed by atoms with Crippen molar-refractivity contribution in [1.29, 1.82) is 0 Å². The van der Waals surface area contributed by atoms with Gasteiger partial charge in [0.05, 0.1) is 5.56 Å². The van der Waals surface area contributed by atoms with Crippen LogP contribution >= 0.6 is 0 Å². The van der Waals surface area contributed by atoms with Gasteiger partial charge in [0.2, 0.25) is 0 Å². The Bertz CT molecular complexity index is 719. The van der Waals surface area contributed by atoms with Crippen LogP contribution in [-0.2, 0) is 6.42 Å². The zero-order chi connectivity index (χ0) is 21.6. The number of carbonyl (C=O) groups is 1. The van der Waals surface area contributed by atoms with Crippen molar-refractivity contribution in [2.75, 3.05) is 0 Å². The van der Waals surface area contributed by atoms with Crippen LogP contribution in [0.4, 0.5) is 0 Å². The lowest BCUT2D eigenvalue weighted by Gasteiger charge is -2.13. The smallest absolute Gasteiger partial charge is 0.343 e. The summed E-state index contributed by atoms with van der Waals surface area (Å²) in [5.74, 6) is 0.985. The number of hydrogen-bond acceptors (Lipinski definition) is 3. The number of esters is 1. The van der Waals surface area contributed by atoms with E-state index in [0.717, 1.165) is 31.1 Å². The first-order valence-electron chi connectivity index (χ1n) is 11.5. The van der Waals surface area contributed by atoms with Crippen LogP contribution in [0.1, 0.15) is 94.5 Å². The summed E-state index contributed by atoms with van der Waals surface area (Å²) in [6.07, 6.45) is 13.0. The molecule has 0 saturated carbocycles. The average Bonchev–Trinajstić information content (AvgIpc) is 2.76. The van der Waals surface area contributed by atoms with E-state index >= 15 is 0 Å². The highest BCUT2D eigenvalue weighted by molar-refractivity contribution is 5.91. The molecule has 0 N–H and O–H groups in total. The van der Waals surface area contributed by atoms with E-state index in [-0.39, 0.29) is 5.97 Å². The number of ether oxygens (including phenoxy) is 2. The molecule has 2 aromatic carbocycles. The van der Waals surface area contributed by atoms with Crippen LogP contribution in [0.3, 0.4) is 0 Å². The predicted molar refractivity (Wildman–Crippen MR) is 124 cm³/mol. The van der Waals surface area contributed by atoms with Gasteiger partial charge in [-0.25, -0.2) is 4.79 Å². The minimum atomic E-state index is -0.350. The second-order valence-corrected chi connectivity index (χ2v) is 7.98. The summed E-state index contributed by atoms with van der Waals surface area (Å²) in [7, 11) is 0. The Morgan fingerprint density at radius 3 is 1.90 bits per heavy atom. The largest absolute Gasteiger partial charge is 0.483 e. The summed E-state index contributed by atoms with van der Waals surface area (Å²) in [4.78, 5) is 12.4. The molecule has 0 spiro atoms. The lowest BCUT2D eigenvalue weighted by Crippen LogP contribution is -2.08. The van der Waals surface area contributed by atoms with E-state index in [1.165, 1.54) is 50.5 Å². The summed E-state index contributed by atoms with van der Waals surface area (Å²) < 4.78 is 11.4. The van der Waals surface area contributed by atoms with E-state index in [1.807, 2.05) is 43.3 Å². The molecule has 3 nitrogen and oxygen atoms in total. The Morgan fingerprint density at radius 1 is 0.700 bits per heavy atom. The molecular formula is C27H37O3. The van der Waals surface area contributed by atoms with E-state index in [2.05, 4.69) is 13.8 Å². The first kappa shape index (κ1) is 24.0. The Hall–Kier alpha value is -2.29. The van der Waals surface area contributed by atoms with Gasteiger partial charge in [-0.05, 0) is 74.6 Å². The number of hydrogen-bond donors (Lipinski definition) is 0. The van der Waals surface area contributed by atoms with Crippen LogP contribution in [0.15, 0.2) is 48.5 Å². The van der Waals surface area contributed by atoms with Crippen molar-refractivity contribution in [2.45, 2.75) is 85.0 Å². The Balaban J connectivity index is 1.78. The van der Waals surface area contributed by atoms with Crippen molar-refractivity contribution < 1.29 is 14.3 Å². The maximum Gasteiger partial charge on any atom is 0.343 e. The van der Waals surface area contributed by atoms with Gasteiger partial charge in [-0.15, -0.1) is 0 Å². The van der Waals surface area contributed by atoms with E-state index in [9.17, 15) is 4.79 Å². The molecule has 2 rings (SSSR count). The minimum Gasteiger partial charge on any atom is -0.483 e. The highest BCUT2D eigenvalue weighted by atomic mass is 16.5. The molecule has 3 heteroatoms. The molecule has 30 heavy (non-hydrogen) atoms. The van der Waals surface area contributed by atoms with Crippen molar-refractivity contribution >= 4 is 5.97 Å². The summed E-state index contributed by atoms with van der Waals surface area (Å²) in [6, 6.07) is 15.0. The van der Waals surface area contributed by atoms with Crippen LogP contribution in [-0.4, -0.2) is 5.97 Å². The number of aryl methyl sites for hydroxylation is 1. The van der Waals surface area contributed by atoms with E-state index in [4.69, 9.17) is 9.47 Å². The molecule has 0 aliphatic heterocycles. The minimum absolute atomic E-state index is 0.350. The van der Waals surface area contributed by atoms with Crippen LogP contribution < -0.4 is 9.47 Å². The molecule has 0 bridgehead atoms. The number of carbonyl (C=O) groups excluding carboxylic acids is 1. The summed E-state index contributed by atoms with van der Waals surface area (Å²) >= 11 is 0. The van der Waals surface area contributed by atoms with Gasteiger partial charge in [-0.2, -0.15) is 0 Å². The van der Waals surface area contributed by atoms with Gasteiger partial charge in [-0.1, -0.05) is 64.5 Å². The molecule has 0 atom stereocenters. The molecule has 0 fully saturated rings. The second-order valence-electron chi connectivity index (χ2n) is 7.98. The van der Waals surface area contributed by atoms with Gasteiger partial charge < -0.3 is 9.47 Å². The zero-order valence-corrected chi connectivity index (χ0v) is 18.9. The molecule has 0 aromatic heterocycles. The van der Waals surface area contributed by atoms with Gasteiger partial charge in [0.1, 0.15) is 17.6 Å². The fourth-order valence-electron chi connectivity index (χ4n) is 3.36. The van der Waals surface area contributed by atoms with Gasteiger partial charge in [-0.3, -0.25) is 0 Å². The van der Waals surface area contributed by atoms with Crippen molar-refractivity contribution in [2.24, 2.45) is 0 Å². The SMILES string of the molecule is CCCCCC[C](C)Oc1ccc(C(=O)Oc2ccc(CCCCCC)cc2)cc1. The maximum absolute atomic E-state index is 12.4. The normalized spacial score (nSPS) is 10.9. The van der Waals surface area contributed by atoms with Gasteiger partial charge in [0.25, 0.3) is 0 Å². The Morgan fingerprint density at radius 2 is 1.27 bits per heavy atom. The van der Waals surface area contributed by atoms with Crippen LogP contribution in [0.2, 0.25) is 0 Å². The lowest BCUT2D eigenvalue weighted by atomic mass is 10.1. The maximum atomic E-state index is 12.4. The fourth-order valence-corrected chi connectivity index (χ4v) is 3.36. The average molecular weight is 410 g/mol. The van der Waals surface area contributed by atoms with Crippen molar-refractivity contribution in [3.05, 3.63) is 65.8 Å². The topological polar surface area (TPSA) is 35.5 Å². The summed E-state index contributed by atoms with van der Waals surface area (Å²) in [6.45, 7) is 6.45. The number of unbranched alkanes of at least 4 members (excludes halogenated alkanes) is 6. The molecule has 2 aromatic rings. The standard InChI is InChI=1S/C27H37O3/c1-4-6-8-10-12-22(3)29-25-20-16-24(17-21-25)27(28)30-26-18-14-23(15-19-26)13-11-9-7-5-2/h14-21H,4-13H2,1-3H3. The lowest BCUT2D eigenvalue weighted by molar-refractivity contribution is 0.0734.